The summed E-state index contributed by atoms with van der Waals surface area (Å²) in [5.74, 6) is 0.878. The van der Waals surface area contributed by atoms with Crippen LogP contribution >= 0.6 is 0 Å². The molecule has 1 rings (SSSR count). The summed E-state index contributed by atoms with van der Waals surface area (Å²) in [5.41, 5.74) is 10.3. The Kier molecular flexibility index (Phi) is 12.9. The minimum Gasteiger partial charge on any atom is -0.494 e. The third kappa shape index (κ3) is 10.9. The lowest BCUT2D eigenvalue weighted by Crippen LogP contribution is -1.99. The fourth-order valence-electron chi connectivity index (χ4n) is 2.68. The molecule has 2 radical (unpaired) electrons. The van der Waals surface area contributed by atoms with Crippen LogP contribution in [-0.4, -0.2) is 34.0 Å². The minimum atomic E-state index is 0.613. The summed E-state index contributed by atoms with van der Waals surface area (Å²) in [7, 11) is 2.47. The normalized spacial score (nSPS) is 10.5. The molecule has 0 aliphatic rings. The number of ether oxygens (including phenoxy) is 1. The van der Waals surface area contributed by atoms with Crippen molar-refractivity contribution in [3.63, 3.8) is 0 Å². The van der Waals surface area contributed by atoms with Gasteiger partial charge in [0.25, 0.3) is 5.71 Å². The van der Waals surface area contributed by atoms with Gasteiger partial charge in [0, 0.05) is 14.0 Å². The van der Waals surface area contributed by atoms with Crippen LogP contribution in [0.3, 0.4) is 0 Å². The summed E-state index contributed by atoms with van der Waals surface area (Å²) in [4.78, 5) is 3.20. The average molecular weight is 361 g/mol. The second-order valence-corrected chi connectivity index (χ2v) is 7.54. The molecule has 0 atom stereocenters. The molecule has 1 aromatic rings. The molecule has 0 aliphatic carbocycles. The Labute approximate surface area is 155 Å². The van der Waals surface area contributed by atoms with Gasteiger partial charge in [0.15, 0.2) is 0 Å². The van der Waals surface area contributed by atoms with E-state index in [0.717, 1.165) is 24.3 Å². The van der Waals surface area contributed by atoms with Crippen molar-refractivity contribution in [1.82, 2.24) is 0 Å². The topological polar surface area (TPSA) is 54.9 Å². The van der Waals surface area contributed by atoms with Gasteiger partial charge in [-0.05, 0) is 36.7 Å². The number of hydrogen-bond donors (Lipinski definition) is 0. The molecule has 0 amide bonds. The van der Waals surface area contributed by atoms with Gasteiger partial charge < -0.3 is 14.7 Å². The quantitative estimate of drug-likeness (QED) is 0.140. The third-order valence-corrected chi connectivity index (χ3v) is 5.10. The highest BCUT2D eigenvalue weighted by molar-refractivity contribution is 6.26. The van der Waals surface area contributed by atoms with Gasteiger partial charge in [-0.15, -0.1) is 0 Å². The molecule has 4 nitrogen and oxygen atoms in total. The SMILES string of the molecule is CO[Si]CCCCCCCCCCCOc1ccc(C(C)=[N+]=[N-])cc1. The summed E-state index contributed by atoms with van der Waals surface area (Å²) >= 11 is 0. The number of nitrogens with zero attached hydrogens (tertiary/aromatic N) is 2. The maximum Gasteiger partial charge on any atom is 0.296 e. The molecule has 0 unspecified atom stereocenters. The van der Waals surface area contributed by atoms with Gasteiger partial charge in [-0.1, -0.05) is 51.4 Å². The van der Waals surface area contributed by atoms with Crippen LogP contribution in [0.2, 0.25) is 6.04 Å². The lowest BCUT2D eigenvalue weighted by atomic mass is 10.1. The van der Waals surface area contributed by atoms with E-state index in [0.29, 0.717) is 15.5 Å². The molecule has 0 saturated carbocycles. The van der Waals surface area contributed by atoms with E-state index in [1.54, 1.807) is 14.0 Å². The Morgan fingerprint density at radius 2 is 1.48 bits per heavy atom. The predicted molar refractivity (Wildman–Crippen MR) is 104 cm³/mol. The number of unbranched alkanes of at least 4 members (excludes halogenated alkanes) is 8. The van der Waals surface area contributed by atoms with Crippen LogP contribution in [0.15, 0.2) is 24.3 Å². The van der Waals surface area contributed by atoms with E-state index in [1.165, 1.54) is 57.4 Å². The number of benzene rings is 1. The Hall–Kier alpha value is -1.42. The fourth-order valence-corrected chi connectivity index (χ4v) is 3.28. The highest BCUT2D eigenvalue weighted by atomic mass is 28.2. The molecule has 0 aliphatic heterocycles. The summed E-state index contributed by atoms with van der Waals surface area (Å²) < 4.78 is 10.8. The summed E-state index contributed by atoms with van der Waals surface area (Å²) in [6, 6.07) is 8.92. The van der Waals surface area contributed by atoms with E-state index >= 15 is 0 Å². The largest absolute Gasteiger partial charge is 0.494 e. The highest BCUT2D eigenvalue weighted by Crippen LogP contribution is 2.14. The van der Waals surface area contributed by atoms with Gasteiger partial charge in [-0.25, -0.2) is 0 Å². The van der Waals surface area contributed by atoms with Crippen LogP contribution in [0.1, 0.15) is 70.3 Å². The van der Waals surface area contributed by atoms with Gasteiger partial charge in [0.2, 0.25) is 9.76 Å². The highest BCUT2D eigenvalue weighted by Gasteiger charge is 2.04. The van der Waals surface area contributed by atoms with Gasteiger partial charge >= 0.3 is 0 Å². The number of hydrogen-bond acceptors (Lipinski definition) is 2. The van der Waals surface area contributed by atoms with Crippen LogP contribution in [0.4, 0.5) is 0 Å². The third-order valence-electron chi connectivity index (χ3n) is 4.26. The molecular weight excluding hydrogens is 328 g/mol. The van der Waals surface area contributed by atoms with Crippen molar-refractivity contribution >= 4 is 15.5 Å². The zero-order valence-electron chi connectivity index (χ0n) is 15.8. The van der Waals surface area contributed by atoms with Crippen LogP contribution in [-0.2, 0) is 4.43 Å². The van der Waals surface area contributed by atoms with Crippen LogP contribution in [0.5, 0.6) is 5.75 Å². The van der Waals surface area contributed by atoms with Crippen molar-refractivity contribution in [2.75, 3.05) is 13.7 Å². The lowest BCUT2D eigenvalue weighted by Gasteiger charge is -2.06. The van der Waals surface area contributed by atoms with E-state index in [4.69, 9.17) is 14.7 Å². The molecule has 138 valence electrons. The van der Waals surface area contributed by atoms with Crippen molar-refractivity contribution in [1.29, 1.82) is 0 Å². The predicted octanol–water partition coefficient (Wildman–Crippen LogP) is 5.30. The molecule has 0 N–H and O–H groups in total. The summed E-state index contributed by atoms with van der Waals surface area (Å²) in [6.45, 7) is 2.55. The summed E-state index contributed by atoms with van der Waals surface area (Å²) in [5, 5.41) is 0. The molecule has 0 bridgehead atoms. The van der Waals surface area contributed by atoms with Crippen molar-refractivity contribution in [3.05, 3.63) is 35.4 Å². The van der Waals surface area contributed by atoms with Gasteiger partial charge in [0.05, 0.1) is 12.2 Å². The first-order valence-electron chi connectivity index (χ1n) is 9.45. The van der Waals surface area contributed by atoms with E-state index in [1.807, 2.05) is 24.3 Å². The molecule has 0 aromatic heterocycles. The Bertz CT molecular complexity index is 499. The van der Waals surface area contributed by atoms with E-state index in [-0.39, 0.29) is 0 Å². The van der Waals surface area contributed by atoms with Gasteiger partial charge in [-0.2, -0.15) is 4.79 Å². The van der Waals surface area contributed by atoms with Crippen LogP contribution in [0, 0.1) is 0 Å². The fraction of sp³-hybridized carbons (Fsp3) is 0.650. The van der Waals surface area contributed by atoms with E-state index in [2.05, 4.69) is 4.79 Å². The first-order chi connectivity index (χ1) is 12.3. The Morgan fingerprint density at radius 1 is 0.920 bits per heavy atom. The molecule has 25 heavy (non-hydrogen) atoms. The zero-order chi connectivity index (χ0) is 18.2. The van der Waals surface area contributed by atoms with E-state index < -0.39 is 0 Å². The molecule has 5 heteroatoms. The van der Waals surface area contributed by atoms with Gasteiger partial charge in [-0.3, -0.25) is 0 Å². The smallest absolute Gasteiger partial charge is 0.296 e. The summed E-state index contributed by atoms with van der Waals surface area (Å²) in [6.07, 6.45) is 11.8. The monoisotopic (exact) mass is 360 g/mol. The second-order valence-electron chi connectivity index (χ2n) is 6.34. The second kappa shape index (κ2) is 14.9. The Morgan fingerprint density at radius 3 is 2.04 bits per heavy atom. The molecule has 1 aromatic carbocycles. The maximum atomic E-state index is 8.75. The van der Waals surface area contributed by atoms with Gasteiger partial charge in [0.1, 0.15) is 5.75 Å². The zero-order valence-corrected chi connectivity index (χ0v) is 16.8. The average Bonchev–Trinajstić information content (AvgIpc) is 2.65. The van der Waals surface area contributed by atoms with Crippen LogP contribution < -0.4 is 4.74 Å². The molecule has 0 fully saturated rings. The molecule has 0 spiro atoms. The van der Waals surface area contributed by atoms with Crippen molar-refractivity contribution in [2.45, 2.75) is 70.8 Å². The van der Waals surface area contributed by atoms with Crippen molar-refractivity contribution in [2.24, 2.45) is 0 Å². The molecule has 0 saturated heterocycles. The maximum absolute atomic E-state index is 8.75. The minimum absolute atomic E-state index is 0.613. The van der Waals surface area contributed by atoms with Crippen molar-refractivity contribution in [3.8, 4) is 5.75 Å². The van der Waals surface area contributed by atoms with Crippen molar-refractivity contribution < 1.29 is 14.0 Å². The lowest BCUT2D eigenvalue weighted by molar-refractivity contribution is -0.00460. The standard InChI is InChI=1S/C20H32N2O2Si/c1-18(22-21)19-12-14-20(15-13-19)24-16-10-8-6-4-3-5-7-9-11-17-25-23-2/h12-15H,3-11,16-17H2,1-2H3. The van der Waals surface area contributed by atoms with Crippen LogP contribution in [0.25, 0.3) is 5.53 Å². The molecular formula is C20H32N2O2Si. The van der Waals surface area contributed by atoms with E-state index in [9.17, 15) is 0 Å². The molecule has 0 heterocycles. The number of rotatable bonds is 15. The first kappa shape index (κ1) is 21.6. The Balaban J connectivity index is 1.92. The first-order valence-corrected chi connectivity index (χ1v) is 10.6.